The number of fused-ring (bicyclic) bond motifs is 1. The number of pyridine rings is 1. The number of aromatic amines is 1. The summed E-state index contributed by atoms with van der Waals surface area (Å²) in [5, 5.41) is 9.94. The van der Waals surface area contributed by atoms with Gasteiger partial charge in [-0.15, -0.1) is 0 Å². The van der Waals surface area contributed by atoms with Crippen molar-refractivity contribution in [3.8, 4) is 0 Å². The number of anilines is 2. The fourth-order valence-electron chi connectivity index (χ4n) is 4.42. The molecule has 0 unspecified atom stereocenters. The SMILES string of the molecule is Cc1cc(=O)n(C2CCCC2)c2nc(Nc3ccc(CCS(=O)(=O)c4ncn[nH]4)cc3)ncc12. The van der Waals surface area contributed by atoms with Crippen LogP contribution in [0.1, 0.15) is 42.9 Å². The van der Waals surface area contributed by atoms with Gasteiger partial charge in [-0.25, -0.2) is 18.4 Å². The fraction of sp³-hybridized carbons (Fsp3) is 0.348. The van der Waals surface area contributed by atoms with Crippen molar-refractivity contribution in [2.45, 2.75) is 50.2 Å². The molecule has 4 aromatic rings. The van der Waals surface area contributed by atoms with Crippen LogP contribution in [-0.4, -0.2) is 43.9 Å². The van der Waals surface area contributed by atoms with Crippen LogP contribution in [0, 0.1) is 6.92 Å². The van der Waals surface area contributed by atoms with Crippen molar-refractivity contribution >= 4 is 32.5 Å². The highest BCUT2D eigenvalue weighted by Gasteiger charge is 2.22. The van der Waals surface area contributed by atoms with E-state index in [4.69, 9.17) is 4.98 Å². The van der Waals surface area contributed by atoms with Crippen LogP contribution in [0.3, 0.4) is 0 Å². The maximum absolute atomic E-state index is 12.8. The molecule has 0 atom stereocenters. The summed E-state index contributed by atoms with van der Waals surface area (Å²) in [5.41, 5.74) is 3.14. The number of nitrogens with zero attached hydrogens (tertiary/aromatic N) is 5. The molecule has 34 heavy (non-hydrogen) atoms. The van der Waals surface area contributed by atoms with E-state index in [1.54, 1.807) is 12.3 Å². The normalized spacial score (nSPS) is 14.6. The number of aromatic nitrogens is 6. The molecule has 3 heterocycles. The Balaban J connectivity index is 1.35. The van der Waals surface area contributed by atoms with E-state index >= 15 is 0 Å². The first-order chi connectivity index (χ1) is 16.4. The molecule has 1 aliphatic carbocycles. The maximum atomic E-state index is 12.8. The lowest BCUT2D eigenvalue weighted by Gasteiger charge is -2.17. The number of H-pyrrole nitrogens is 1. The summed E-state index contributed by atoms with van der Waals surface area (Å²) in [4.78, 5) is 25.7. The smallest absolute Gasteiger partial charge is 0.252 e. The molecule has 3 aromatic heterocycles. The molecule has 2 N–H and O–H groups in total. The molecule has 0 amide bonds. The van der Waals surface area contributed by atoms with Crippen LogP contribution in [-0.2, 0) is 16.3 Å². The summed E-state index contributed by atoms with van der Waals surface area (Å²) in [6, 6.07) is 9.26. The van der Waals surface area contributed by atoms with Crippen LogP contribution in [0.25, 0.3) is 11.0 Å². The second kappa shape index (κ2) is 8.98. The Morgan fingerprint density at radius 3 is 2.62 bits per heavy atom. The van der Waals surface area contributed by atoms with Crippen molar-refractivity contribution < 1.29 is 8.42 Å². The van der Waals surface area contributed by atoms with Crippen LogP contribution in [0.5, 0.6) is 0 Å². The zero-order valence-electron chi connectivity index (χ0n) is 18.7. The van der Waals surface area contributed by atoms with E-state index in [2.05, 4.69) is 25.5 Å². The van der Waals surface area contributed by atoms with Crippen molar-refractivity contribution in [2.75, 3.05) is 11.1 Å². The van der Waals surface area contributed by atoms with Gasteiger partial charge in [0.2, 0.25) is 20.9 Å². The summed E-state index contributed by atoms with van der Waals surface area (Å²) < 4.78 is 26.4. The lowest BCUT2D eigenvalue weighted by Crippen LogP contribution is -2.24. The van der Waals surface area contributed by atoms with Gasteiger partial charge in [0.05, 0.1) is 5.75 Å². The highest BCUT2D eigenvalue weighted by Crippen LogP contribution is 2.31. The Labute approximate surface area is 196 Å². The molecule has 1 fully saturated rings. The number of hydrogen-bond acceptors (Lipinski definition) is 8. The van der Waals surface area contributed by atoms with Gasteiger partial charge in [-0.2, -0.15) is 10.1 Å². The largest absolute Gasteiger partial charge is 0.324 e. The molecule has 1 aromatic carbocycles. The van der Waals surface area contributed by atoms with Gasteiger partial charge in [0.15, 0.2) is 0 Å². The molecular formula is C23H25N7O3S. The minimum Gasteiger partial charge on any atom is -0.324 e. The minimum absolute atomic E-state index is 0.0221. The van der Waals surface area contributed by atoms with Crippen LogP contribution < -0.4 is 10.9 Å². The van der Waals surface area contributed by atoms with E-state index in [1.165, 1.54) is 6.33 Å². The molecule has 0 bridgehead atoms. The van der Waals surface area contributed by atoms with Crippen LogP contribution in [0.15, 0.2) is 52.8 Å². The maximum Gasteiger partial charge on any atom is 0.252 e. The highest BCUT2D eigenvalue weighted by atomic mass is 32.2. The second-order valence-electron chi connectivity index (χ2n) is 8.59. The van der Waals surface area contributed by atoms with Crippen molar-refractivity contribution in [2.24, 2.45) is 0 Å². The first-order valence-corrected chi connectivity index (χ1v) is 12.9. The summed E-state index contributed by atoms with van der Waals surface area (Å²) >= 11 is 0. The summed E-state index contributed by atoms with van der Waals surface area (Å²) in [6.45, 7) is 1.90. The summed E-state index contributed by atoms with van der Waals surface area (Å²) in [7, 11) is -3.51. The third-order valence-corrected chi connectivity index (χ3v) is 7.77. The molecule has 10 nitrogen and oxygen atoms in total. The van der Waals surface area contributed by atoms with Gasteiger partial charge in [-0.3, -0.25) is 14.5 Å². The predicted octanol–water partition coefficient (Wildman–Crippen LogP) is 3.09. The average Bonchev–Trinajstić information content (AvgIpc) is 3.54. The molecule has 5 rings (SSSR count). The lowest BCUT2D eigenvalue weighted by atomic mass is 10.1. The number of benzene rings is 1. The van der Waals surface area contributed by atoms with Crippen molar-refractivity contribution in [1.29, 1.82) is 0 Å². The first kappa shape index (κ1) is 22.2. The molecule has 0 aliphatic heterocycles. The van der Waals surface area contributed by atoms with E-state index in [1.807, 2.05) is 35.8 Å². The average molecular weight is 480 g/mol. The number of hydrogen-bond donors (Lipinski definition) is 2. The van der Waals surface area contributed by atoms with Crippen molar-refractivity contribution in [1.82, 2.24) is 29.7 Å². The van der Waals surface area contributed by atoms with E-state index in [0.29, 0.717) is 18.0 Å². The molecule has 1 aliphatic rings. The van der Waals surface area contributed by atoms with Gasteiger partial charge in [0.1, 0.15) is 12.0 Å². The third kappa shape index (κ3) is 4.43. The van der Waals surface area contributed by atoms with Crippen LogP contribution >= 0.6 is 0 Å². The Kier molecular flexibility index (Phi) is 5.86. The van der Waals surface area contributed by atoms with Crippen molar-refractivity contribution in [3.05, 3.63) is 64.3 Å². The third-order valence-electron chi connectivity index (χ3n) is 6.25. The molecule has 1 saturated carbocycles. The van der Waals surface area contributed by atoms with E-state index in [9.17, 15) is 13.2 Å². The van der Waals surface area contributed by atoms with Crippen LogP contribution in [0.4, 0.5) is 11.6 Å². The van der Waals surface area contributed by atoms with Gasteiger partial charge in [0.25, 0.3) is 5.56 Å². The summed E-state index contributed by atoms with van der Waals surface area (Å²) in [5.74, 6) is 0.339. The van der Waals surface area contributed by atoms with Crippen LogP contribution in [0.2, 0.25) is 0 Å². The standard InChI is InChI=1S/C23H25N7O3S/c1-15-12-20(31)30(18-4-2-3-5-18)21-19(15)13-24-22(28-21)27-17-8-6-16(7-9-17)10-11-34(32,33)23-25-14-26-29-23/h6-9,12-14,18H,2-5,10-11H2,1H3,(H,24,27,28)(H,25,26,29). The lowest BCUT2D eigenvalue weighted by molar-refractivity contribution is 0.515. The van der Waals surface area contributed by atoms with Gasteiger partial charge in [-0.1, -0.05) is 25.0 Å². The van der Waals surface area contributed by atoms with E-state index in [-0.39, 0.29) is 22.5 Å². The Morgan fingerprint density at radius 2 is 1.91 bits per heavy atom. The topological polar surface area (TPSA) is 136 Å². The number of sulfone groups is 1. The molecular weight excluding hydrogens is 454 g/mol. The van der Waals surface area contributed by atoms with Gasteiger partial charge >= 0.3 is 0 Å². The van der Waals surface area contributed by atoms with E-state index < -0.39 is 9.84 Å². The molecule has 0 radical (unpaired) electrons. The monoisotopic (exact) mass is 479 g/mol. The Hall–Kier alpha value is -3.60. The fourth-order valence-corrected chi connectivity index (χ4v) is 5.52. The quantitative estimate of drug-likeness (QED) is 0.413. The Bertz CT molecular complexity index is 1470. The molecule has 0 saturated heterocycles. The van der Waals surface area contributed by atoms with Gasteiger partial charge in [-0.05, 0) is 49.4 Å². The molecule has 0 spiro atoms. The zero-order valence-corrected chi connectivity index (χ0v) is 19.5. The Morgan fingerprint density at radius 1 is 1.15 bits per heavy atom. The number of rotatable bonds is 7. The molecule has 11 heteroatoms. The number of nitrogens with one attached hydrogen (secondary N) is 2. The van der Waals surface area contributed by atoms with Crippen molar-refractivity contribution in [3.63, 3.8) is 0 Å². The highest BCUT2D eigenvalue weighted by molar-refractivity contribution is 7.91. The predicted molar refractivity (Wildman–Crippen MR) is 128 cm³/mol. The first-order valence-electron chi connectivity index (χ1n) is 11.2. The summed E-state index contributed by atoms with van der Waals surface area (Å²) in [6.07, 6.45) is 7.49. The number of aryl methyl sites for hydroxylation is 2. The van der Waals surface area contributed by atoms with Gasteiger partial charge in [0, 0.05) is 29.4 Å². The second-order valence-corrected chi connectivity index (χ2v) is 10.6. The van der Waals surface area contributed by atoms with Gasteiger partial charge < -0.3 is 5.32 Å². The minimum atomic E-state index is -3.51. The zero-order chi connectivity index (χ0) is 23.7. The molecule has 176 valence electrons. The van der Waals surface area contributed by atoms with E-state index in [0.717, 1.165) is 47.9 Å².